The largest absolute Gasteiger partial charge is 0.481 e. The van der Waals surface area contributed by atoms with Crippen LogP contribution in [0.1, 0.15) is 85.0 Å². The maximum Gasteiger partial charge on any atom is 0.326 e. The average Bonchev–Trinajstić information content (AvgIpc) is 3.82. The second kappa shape index (κ2) is 22.1. The van der Waals surface area contributed by atoms with Crippen molar-refractivity contribution in [2.24, 2.45) is 23.1 Å². The summed E-state index contributed by atoms with van der Waals surface area (Å²) < 4.78 is 0. The highest BCUT2D eigenvalue weighted by molar-refractivity contribution is 5.97. The summed E-state index contributed by atoms with van der Waals surface area (Å²) in [5, 5.41) is 38.2. The highest BCUT2D eigenvalue weighted by atomic mass is 16.4. The Balaban J connectivity index is 2.13. The lowest BCUT2D eigenvalue weighted by atomic mass is 10.0. The molecule has 0 radical (unpaired) electrons. The van der Waals surface area contributed by atoms with Gasteiger partial charge in [0.1, 0.15) is 36.3 Å². The van der Waals surface area contributed by atoms with E-state index in [0.717, 1.165) is 0 Å². The second-order valence-corrected chi connectivity index (χ2v) is 14.3. The summed E-state index contributed by atoms with van der Waals surface area (Å²) in [6.45, 7) is 5.24. The van der Waals surface area contributed by atoms with Crippen LogP contribution >= 0.6 is 0 Å². The highest BCUT2D eigenvalue weighted by Gasteiger charge is 2.42. The zero-order valence-electron chi connectivity index (χ0n) is 32.0. The number of carboxylic acids is 2. The molecule has 2 heterocycles. The Morgan fingerprint density at radius 2 is 1.30 bits per heavy atom. The van der Waals surface area contributed by atoms with Gasteiger partial charge in [-0.3, -0.25) is 43.8 Å². The molecule has 0 bridgehead atoms. The summed E-state index contributed by atoms with van der Waals surface area (Å²) in [5.74, 6) is -8.18. The van der Waals surface area contributed by atoms with E-state index in [1.807, 2.05) is 0 Å². The summed E-state index contributed by atoms with van der Waals surface area (Å²) in [5.41, 5.74) is 16.4. The van der Waals surface area contributed by atoms with Crippen molar-refractivity contribution in [2.75, 3.05) is 19.6 Å². The average molecular weight is 796 g/mol. The third-order valence-corrected chi connectivity index (χ3v) is 9.56. The first-order valence-corrected chi connectivity index (χ1v) is 18.6. The number of rotatable bonds is 22. The minimum absolute atomic E-state index is 0.0130. The SMILES string of the molecule is CC(C)[C@H](NC(=O)[C@@H]1CCCN1C(=O)[C@@H](N)CCC(=O)O)C(=O)N1CCC[C@H]1C(=O)N[C@@H](CCC(N)=O)C(=O)N[C@@H](C)C(=O)N[C@@H](CCCNC(=N)N)C(=O)O. The molecule has 2 fully saturated rings. The van der Waals surface area contributed by atoms with Crippen LogP contribution in [-0.2, 0) is 43.2 Å². The van der Waals surface area contributed by atoms with Gasteiger partial charge in [0, 0.05) is 32.5 Å². The maximum atomic E-state index is 14.0. The normalized spacial score (nSPS) is 19.2. The third-order valence-electron chi connectivity index (χ3n) is 9.56. The van der Waals surface area contributed by atoms with Gasteiger partial charge in [-0.1, -0.05) is 13.8 Å². The molecule has 2 rings (SSSR count). The van der Waals surface area contributed by atoms with Crippen molar-refractivity contribution in [1.82, 2.24) is 36.4 Å². The minimum atomic E-state index is -1.39. The molecule has 314 valence electrons. The lowest BCUT2D eigenvalue weighted by Crippen LogP contribution is -2.60. The van der Waals surface area contributed by atoms with Crippen LogP contribution in [-0.4, -0.2) is 141 Å². The number of carbonyl (C=O) groups excluding carboxylic acids is 7. The molecule has 7 atom stereocenters. The van der Waals surface area contributed by atoms with Crippen LogP contribution in [0, 0.1) is 11.3 Å². The summed E-state index contributed by atoms with van der Waals surface area (Å²) in [4.78, 5) is 117. The third kappa shape index (κ3) is 14.3. The van der Waals surface area contributed by atoms with Crippen molar-refractivity contribution in [3.8, 4) is 0 Å². The van der Waals surface area contributed by atoms with Gasteiger partial charge >= 0.3 is 11.9 Å². The van der Waals surface area contributed by atoms with Gasteiger partial charge in [0.15, 0.2) is 5.96 Å². The fourth-order valence-corrected chi connectivity index (χ4v) is 6.45. The summed E-state index contributed by atoms with van der Waals surface area (Å²) >= 11 is 0. The Morgan fingerprint density at radius 1 is 0.732 bits per heavy atom. The van der Waals surface area contributed by atoms with Gasteiger partial charge in [-0.25, -0.2) is 4.79 Å². The van der Waals surface area contributed by atoms with E-state index in [2.05, 4.69) is 26.6 Å². The lowest BCUT2D eigenvalue weighted by molar-refractivity contribution is -0.145. The Bertz CT molecular complexity index is 1490. The van der Waals surface area contributed by atoms with Crippen LogP contribution in [0.15, 0.2) is 0 Å². The van der Waals surface area contributed by atoms with Crippen molar-refractivity contribution >= 4 is 59.2 Å². The van der Waals surface area contributed by atoms with Crippen LogP contribution in [0.4, 0.5) is 0 Å². The monoisotopic (exact) mass is 795 g/mol. The number of nitrogens with one attached hydrogen (secondary N) is 6. The van der Waals surface area contributed by atoms with Gasteiger partial charge in [-0.05, 0) is 64.2 Å². The number of carbonyl (C=O) groups is 9. The maximum absolute atomic E-state index is 14.0. The predicted molar refractivity (Wildman–Crippen MR) is 198 cm³/mol. The van der Waals surface area contributed by atoms with Crippen molar-refractivity contribution in [1.29, 1.82) is 5.41 Å². The van der Waals surface area contributed by atoms with Gasteiger partial charge < -0.3 is 63.8 Å². The number of amides is 7. The molecule has 2 aliphatic heterocycles. The molecule has 0 spiro atoms. The topological polar surface area (TPSA) is 363 Å². The number of hydrogen-bond acceptors (Lipinski definition) is 11. The number of guanidine groups is 1. The first-order valence-electron chi connectivity index (χ1n) is 18.6. The second-order valence-electron chi connectivity index (χ2n) is 14.3. The Labute approximate surface area is 324 Å². The Hall–Kier alpha value is -5.54. The van der Waals surface area contributed by atoms with E-state index in [9.17, 15) is 48.3 Å². The van der Waals surface area contributed by atoms with E-state index in [0.29, 0.717) is 19.3 Å². The van der Waals surface area contributed by atoms with E-state index >= 15 is 0 Å². The predicted octanol–water partition coefficient (Wildman–Crippen LogP) is -3.61. The molecule has 7 amide bonds. The van der Waals surface area contributed by atoms with Crippen molar-refractivity contribution < 1.29 is 53.4 Å². The van der Waals surface area contributed by atoms with Crippen LogP contribution < -0.4 is 43.8 Å². The molecule has 0 aromatic rings. The number of nitrogens with two attached hydrogens (primary N) is 3. The Kier molecular flexibility index (Phi) is 18.4. The fourth-order valence-electron chi connectivity index (χ4n) is 6.45. The Morgan fingerprint density at radius 3 is 1.82 bits per heavy atom. The molecule has 0 aliphatic carbocycles. The van der Waals surface area contributed by atoms with E-state index in [4.69, 9.17) is 27.7 Å². The molecule has 2 saturated heterocycles. The lowest BCUT2D eigenvalue weighted by Gasteiger charge is -2.33. The van der Waals surface area contributed by atoms with Gasteiger partial charge in [-0.2, -0.15) is 0 Å². The summed E-state index contributed by atoms with van der Waals surface area (Å²) in [7, 11) is 0. The van der Waals surface area contributed by atoms with Crippen molar-refractivity contribution in [2.45, 2.75) is 127 Å². The minimum Gasteiger partial charge on any atom is -0.481 e. The molecular weight excluding hydrogens is 738 g/mol. The number of likely N-dealkylation sites (tertiary alicyclic amines) is 2. The quantitative estimate of drug-likeness (QED) is 0.0287. The fraction of sp³-hybridized carbons (Fsp3) is 0.706. The molecule has 0 saturated carbocycles. The van der Waals surface area contributed by atoms with E-state index in [1.165, 1.54) is 16.7 Å². The van der Waals surface area contributed by atoms with Gasteiger partial charge in [0.05, 0.1) is 6.04 Å². The number of aliphatic carboxylic acids is 2. The first kappa shape index (κ1) is 46.6. The highest BCUT2D eigenvalue weighted by Crippen LogP contribution is 2.23. The van der Waals surface area contributed by atoms with Crippen LogP contribution in [0.2, 0.25) is 0 Å². The van der Waals surface area contributed by atoms with E-state index < -0.39 is 101 Å². The van der Waals surface area contributed by atoms with E-state index in [1.54, 1.807) is 13.8 Å². The van der Waals surface area contributed by atoms with Crippen LogP contribution in [0.3, 0.4) is 0 Å². The molecule has 0 unspecified atom stereocenters. The molecule has 22 heteroatoms. The standard InChI is InChI=1S/C34H57N11O11/c1-17(2)26(43-30(52)23-9-5-15-44(23)31(53)19(35)10-13-25(47)48)32(54)45-16-6-8-22(45)29(51)41-20(11-12-24(36)46)28(50)40-18(3)27(49)42-21(33(55)56)7-4-14-39-34(37)38/h17-23,26H,4-16,35H2,1-3H3,(H2,36,46)(H,40,50)(H,41,51)(H,42,49)(H,43,52)(H,47,48)(H,55,56)(H4,37,38,39)/t18-,19-,20-,21-,22-,23-,26-/m0/s1. The zero-order chi connectivity index (χ0) is 42.3. The molecule has 22 nitrogen and oxygen atoms in total. The van der Waals surface area contributed by atoms with Gasteiger partial charge in [-0.15, -0.1) is 0 Å². The smallest absolute Gasteiger partial charge is 0.326 e. The summed E-state index contributed by atoms with van der Waals surface area (Å²) in [6, 6.07) is -8.23. The molecular formula is C34H57N11O11. The number of carboxylic acid groups (broad SMARTS) is 2. The van der Waals surface area contributed by atoms with Crippen molar-refractivity contribution in [3.05, 3.63) is 0 Å². The number of nitrogens with zero attached hydrogens (tertiary/aromatic N) is 2. The van der Waals surface area contributed by atoms with Crippen molar-refractivity contribution in [3.63, 3.8) is 0 Å². The first-order chi connectivity index (χ1) is 26.2. The molecule has 56 heavy (non-hydrogen) atoms. The molecule has 0 aromatic carbocycles. The molecule has 2 aliphatic rings. The summed E-state index contributed by atoms with van der Waals surface area (Å²) in [6.07, 6.45) is 0.617. The van der Waals surface area contributed by atoms with E-state index in [-0.39, 0.29) is 70.5 Å². The van der Waals surface area contributed by atoms with Crippen LogP contribution in [0.5, 0.6) is 0 Å². The number of primary amides is 1. The van der Waals surface area contributed by atoms with Gasteiger partial charge in [0.2, 0.25) is 41.4 Å². The number of hydrogen-bond donors (Lipinski definition) is 11. The molecule has 0 aromatic heterocycles. The van der Waals surface area contributed by atoms with Crippen LogP contribution in [0.25, 0.3) is 0 Å². The zero-order valence-corrected chi connectivity index (χ0v) is 32.0. The molecule has 14 N–H and O–H groups in total. The van der Waals surface area contributed by atoms with Gasteiger partial charge in [0.25, 0.3) is 0 Å².